The summed E-state index contributed by atoms with van der Waals surface area (Å²) in [7, 11) is 0. The zero-order chi connectivity index (χ0) is 15.4. The highest BCUT2D eigenvalue weighted by Gasteiger charge is 2.17. The van der Waals surface area contributed by atoms with Gasteiger partial charge in [-0.25, -0.2) is 0 Å². The second-order valence-electron chi connectivity index (χ2n) is 4.26. The molecule has 0 aliphatic heterocycles. The Hall–Kier alpha value is -1.05. The molecule has 0 aliphatic carbocycles. The number of aliphatic carboxylic acids is 1. The summed E-state index contributed by atoms with van der Waals surface area (Å²) >= 11 is 10.8. The molecule has 0 unspecified atom stereocenters. The third-order valence-electron chi connectivity index (χ3n) is 2.65. The highest BCUT2D eigenvalue weighted by Crippen LogP contribution is 2.29. The monoisotopic (exact) mass is 389 g/mol. The Morgan fingerprint density at radius 3 is 2.86 bits per heavy atom. The Bertz CT molecular complexity index is 663. The lowest BCUT2D eigenvalue weighted by atomic mass is 10.3. The summed E-state index contributed by atoms with van der Waals surface area (Å²) in [6, 6.07) is 5.53. The molecule has 0 amide bonds. The predicted octanol–water partition coefficient (Wildman–Crippen LogP) is 3.81. The summed E-state index contributed by atoms with van der Waals surface area (Å²) in [5.41, 5.74) is 0.751. The Labute approximate surface area is 139 Å². The lowest BCUT2D eigenvalue weighted by Gasteiger charge is -2.11. The number of nitrogens with zero attached hydrogens (tertiary/aromatic N) is 3. The van der Waals surface area contributed by atoms with E-state index in [0.717, 1.165) is 40.6 Å². The number of hydrogen-bond donors (Lipinski definition) is 1. The zero-order valence-electron chi connectivity index (χ0n) is 11.2. The van der Waals surface area contributed by atoms with E-state index in [4.69, 9.17) is 16.7 Å². The van der Waals surface area contributed by atoms with Gasteiger partial charge in [-0.1, -0.05) is 46.2 Å². The fourth-order valence-corrected chi connectivity index (χ4v) is 3.25. The molecule has 0 bridgehead atoms. The molecule has 1 heterocycles. The summed E-state index contributed by atoms with van der Waals surface area (Å²) in [6.45, 7) is 2.05. The number of halogens is 2. The predicted molar refractivity (Wildman–Crippen MR) is 86.4 cm³/mol. The van der Waals surface area contributed by atoms with E-state index >= 15 is 0 Å². The Kier molecular flexibility index (Phi) is 5.66. The third kappa shape index (κ3) is 3.99. The van der Waals surface area contributed by atoms with E-state index in [1.54, 1.807) is 6.07 Å². The minimum Gasteiger partial charge on any atom is -0.481 e. The maximum Gasteiger partial charge on any atom is 0.313 e. The Balaban J connectivity index is 2.47. The van der Waals surface area contributed by atoms with Gasteiger partial charge in [-0.2, -0.15) is 0 Å². The average Bonchev–Trinajstić information content (AvgIpc) is 2.80. The van der Waals surface area contributed by atoms with Crippen molar-refractivity contribution in [3.05, 3.63) is 33.5 Å². The van der Waals surface area contributed by atoms with Crippen molar-refractivity contribution in [2.75, 3.05) is 5.75 Å². The number of rotatable bonds is 6. The first-order valence-electron chi connectivity index (χ1n) is 6.27. The molecule has 5 nitrogen and oxygen atoms in total. The van der Waals surface area contributed by atoms with Gasteiger partial charge >= 0.3 is 5.97 Å². The van der Waals surface area contributed by atoms with E-state index in [1.165, 1.54) is 0 Å². The van der Waals surface area contributed by atoms with Gasteiger partial charge in [-0.3, -0.25) is 9.36 Å². The van der Waals surface area contributed by atoms with E-state index in [0.29, 0.717) is 10.2 Å². The molecule has 0 atom stereocenters. The SMILES string of the molecule is CCCc1nnc(SCC(=O)O)n1-c1ccc(Br)cc1Cl. The minimum absolute atomic E-state index is 0.0710. The molecule has 8 heteroatoms. The summed E-state index contributed by atoms with van der Waals surface area (Å²) in [4.78, 5) is 10.8. The van der Waals surface area contributed by atoms with E-state index < -0.39 is 5.97 Å². The van der Waals surface area contributed by atoms with E-state index in [2.05, 4.69) is 26.1 Å². The van der Waals surface area contributed by atoms with Crippen LogP contribution >= 0.6 is 39.3 Å². The summed E-state index contributed by atoms with van der Waals surface area (Å²) < 4.78 is 2.70. The topological polar surface area (TPSA) is 68.0 Å². The smallest absolute Gasteiger partial charge is 0.313 e. The molecular weight excluding hydrogens is 378 g/mol. The first kappa shape index (κ1) is 16.3. The zero-order valence-corrected chi connectivity index (χ0v) is 14.4. The summed E-state index contributed by atoms with van der Waals surface area (Å²) in [6.07, 6.45) is 1.66. The molecule has 0 saturated heterocycles. The number of benzene rings is 1. The van der Waals surface area contributed by atoms with E-state index in [9.17, 15) is 4.79 Å². The van der Waals surface area contributed by atoms with Gasteiger partial charge in [-0.15, -0.1) is 10.2 Å². The normalized spacial score (nSPS) is 10.8. The molecular formula is C13H13BrClN3O2S. The number of aryl methyl sites for hydroxylation is 1. The van der Waals surface area contributed by atoms with Crippen molar-refractivity contribution in [1.82, 2.24) is 14.8 Å². The van der Waals surface area contributed by atoms with Crippen LogP contribution in [0.3, 0.4) is 0 Å². The Morgan fingerprint density at radius 1 is 1.48 bits per heavy atom. The van der Waals surface area contributed by atoms with Gasteiger partial charge in [0, 0.05) is 10.9 Å². The van der Waals surface area contributed by atoms with Crippen LogP contribution in [-0.4, -0.2) is 31.6 Å². The van der Waals surface area contributed by atoms with Gasteiger partial charge < -0.3 is 5.11 Å². The van der Waals surface area contributed by atoms with Gasteiger partial charge in [0.15, 0.2) is 5.16 Å². The van der Waals surface area contributed by atoms with Crippen molar-refractivity contribution >= 4 is 45.3 Å². The standard InChI is InChI=1S/C13H13BrClN3O2S/c1-2-3-11-16-17-13(21-7-12(19)20)18(11)10-5-4-8(14)6-9(10)15/h4-6H,2-3,7H2,1H3,(H,19,20). The van der Waals surface area contributed by atoms with Crippen LogP contribution in [0, 0.1) is 0 Å². The molecule has 0 saturated carbocycles. The molecule has 0 radical (unpaired) electrons. The van der Waals surface area contributed by atoms with Gasteiger partial charge in [-0.05, 0) is 24.6 Å². The molecule has 1 aromatic carbocycles. The quantitative estimate of drug-likeness (QED) is 0.760. The molecule has 0 fully saturated rings. The van der Waals surface area contributed by atoms with Gasteiger partial charge in [0.05, 0.1) is 16.5 Å². The van der Waals surface area contributed by atoms with Crippen LogP contribution in [0.4, 0.5) is 0 Å². The van der Waals surface area contributed by atoms with Gasteiger partial charge in [0.1, 0.15) is 5.82 Å². The molecule has 2 rings (SSSR count). The van der Waals surface area contributed by atoms with Crippen LogP contribution in [0.5, 0.6) is 0 Å². The van der Waals surface area contributed by atoms with Gasteiger partial charge in [0.2, 0.25) is 0 Å². The molecule has 0 aliphatic rings. The molecule has 1 aromatic heterocycles. The number of carbonyl (C=O) groups is 1. The second kappa shape index (κ2) is 7.29. The lowest BCUT2D eigenvalue weighted by Crippen LogP contribution is -2.05. The van der Waals surface area contributed by atoms with Crippen molar-refractivity contribution in [1.29, 1.82) is 0 Å². The maximum atomic E-state index is 10.8. The fraction of sp³-hybridized carbons (Fsp3) is 0.308. The van der Waals surface area contributed by atoms with Crippen LogP contribution in [0.15, 0.2) is 27.8 Å². The number of hydrogen-bond acceptors (Lipinski definition) is 4. The molecule has 112 valence electrons. The van der Waals surface area contributed by atoms with Crippen LogP contribution in [0.25, 0.3) is 5.69 Å². The Morgan fingerprint density at radius 2 is 2.24 bits per heavy atom. The van der Waals surface area contributed by atoms with Crippen molar-refractivity contribution in [2.45, 2.75) is 24.9 Å². The molecule has 1 N–H and O–H groups in total. The van der Waals surface area contributed by atoms with Crippen molar-refractivity contribution in [2.24, 2.45) is 0 Å². The first-order chi connectivity index (χ1) is 10.0. The number of carboxylic acid groups (broad SMARTS) is 1. The van der Waals surface area contributed by atoms with Crippen molar-refractivity contribution in [3.63, 3.8) is 0 Å². The van der Waals surface area contributed by atoms with Crippen LogP contribution in [0.2, 0.25) is 5.02 Å². The highest BCUT2D eigenvalue weighted by atomic mass is 79.9. The highest BCUT2D eigenvalue weighted by molar-refractivity contribution is 9.10. The average molecular weight is 391 g/mol. The van der Waals surface area contributed by atoms with Crippen LogP contribution in [0.1, 0.15) is 19.2 Å². The molecule has 0 spiro atoms. The van der Waals surface area contributed by atoms with E-state index in [-0.39, 0.29) is 5.75 Å². The lowest BCUT2D eigenvalue weighted by molar-refractivity contribution is -0.133. The number of aromatic nitrogens is 3. The second-order valence-corrected chi connectivity index (χ2v) is 6.53. The fourth-order valence-electron chi connectivity index (χ4n) is 1.81. The van der Waals surface area contributed by atoms with Crippen molar-refractivity contribution in [3.8, 4) is 5.69 Å². The summed E-state index contributed by atoms with van der Waals surface area (Å²) in [5.74, 6) is -0.193. The van der Waals surface area contributed by atoms with Crippen LogP contribution in [-0.2, 0) is 11.2 Å². The molecule has 21 heavy (non-hydrogen) atoms. The van der Waals surface area contributed by atoms with E-state index in [1.807, 2.05) is 23.6 Å². The largest absolute Gasteiger partial charge is 0.481 e. The number of thioether (sulfide) groups is 1. The first-order valence-corrected chi connectivity index (χ1v) is 8.43. The number of carboxylic acids is 1. The minimum atomic E-state index is -0.895. The summed E-state index contributed by atoms with van der Waals surface area (Å²) in [5, 5.41) is 18.2. The van der Waals surface area contributed by atoms with Gasteiger partial charge in [0.25, 0.3) is 0 Å². The maximum absolute atomic E-state index is 10.8. The van der Waals surface area contributed by atoms with Crippen molar-refractivity contribution < 1.29 is 9.90 Å². The third-order valence-corrected chi connectivity index (χ3v) is 4.36. The molecule has 2 aromatic rings. The van der Waals surface area contributed by atoms with Crippen LogP contribution < -0.4 is 0 Å².